The lowest BCUT2D eigenvalue weighted by molar-refractivity contribution is -0.116. The first-order chi connectivity index (χ1) is 9.17. The lowest BCUT2D eigenvalue weighted by Crippen LogP contribution is -2.12. The highest BCUT2D eigenvalue weighted by atomic mass is 19.1. The van der Waals surface area contributed by atoms with Gasteiger partial charge in [0.05, 0.1) is 0 Å². The standard InChI is InChI=1S/C14H16FN3O/c1-2-12-9-13(18-17-12)16-14(19)8-5-10-3-6-11(15)7-4-10/h3-4,6-7,9H,2,5,8H2,1H3,(H2,16,17,18,19). The summed E-state index contributed by atoms with van der Waals surface area (Å²) < 4.78 is 12.7. The van der Waals surface area contributed by atoms with Gasteiger partial charge in [0.25, 0.3) is 0 Å². The van der Waals surface area contributed by atoms with Crippen LogP contribution in [-0.4, -0.2) is 16.1 Å². The number of anilines is 1. The highest BCUT2D eigenvalue weighted by Gasteiger charge is 2.06. The molecule has 0 unspecified atom stereocenters. The quantitative estimate of drug-likeness (QED) is 0.869. The molecule has 100 valence electrons. The maximum absolute atomic E-state index is 12.7. The van der Waals surface area contributed by atoms with Crippen LogP contribution < -0.4 is 5.32 Å². The van der Waals surface area contributed by atoms with E-state index >= 15 is 0 Å². The van der Waals surface area contributed by atoms with Crippen molar-refractivity contribution >= 4 is 11.7 Å². The number of aromatic amines is 1. The van der Waals surface area contributed by atoms with Crippen molar-refractivity contribution in [2.45, 2.75) is 26.2 Å². The first-order valence-corrected chi connectivity index (χ1v) is 6.26. The Morgan fingerprint density at radius 2 is 2.11 bits per heavy atom. The molecule has 5 heteroatoms. The second-order valence-corrected chi connectivity index (χ2v) is 4.31. The number of H-pyrrole nitrogens is 1. The van der Waals surface area contributed by atoms with Crippen LogP contribution in [0.3, 0.4) is 0 Å². The van der Waals surface area contributed by atoms with Crippen LogP contribution in [0.1, 0.15) is 24.6 Å². The summed E-state index contributed by atoms with van der Waals surface area (Å²) >= 11 is 0. The third-order valence-corrected chi connectivity index (χ3v) is 2.83. The minimum atomic E-state index is -0.267. The summed E-state index contributed by atoms with van der Waals surface area (Å²) in [4.78, 5) is 11.7. The number of aromatic nitrogens is 2. The van der Waals surface area contributed by atoms with E-state index in [0.717, 1.165) is 17.7 Å². The number of hydrogen-bond donors (Lipinski definition) is 2. The number of hydrogen-bond acceptors (Lipinski definition) is 2. The number of carbonyl (C=O) groups is 1. The molecule has 1 amide bonds. The third-order valence-electron chi connectivity index (χ3n) is 2.83. The maximum atomic E-state index is 12.7. The van der Waals surface area contributed by atoms with Gasteiger partial charge in [-0.2, -0.15) is 5.10 Å². The van der Waals surface area contributed by atoms with E-state index in [1.807, 2.05) is 13.0 Å². The average Bonchev–Trinajstić information content (AvgIpc) is 2.86. The van der Waals surface area contributed by atoms with Crippen LogP contribution in [0.25, 0.3) is 0 Å². The average molecular weight is 261 g/mol. The van der Waals surface area contributed by atoms with Crippen LogP contribution >= 0.6 is 0 Å². The molecule has 0 radical (unpaired) electrons. The van der Waals surface area contributed by atoms with Gasteiger partial charge in [-0.15, -0.1) is 0 Å². The van der Waals surface area contributed by atoms with Gasteiger partial charge in [-0.25, -0.2) is 4.39 Å². The monoisotopic (exact) mass is 261 g/mol. The van der Waals surface area contributed by atoms with Crippen molar-refractivity contribution < 1.29 is 9.18 Å². The molecule has 1 heterocycles. The highest BCUT2D eigenvalue weighted by Crippen LogP contribution is 2.08. The zero-order chi connectivity index (χ0) is 13.7. The molecule has 2 aromatic rings. The number of nitrogens with one attached hydrogen (secondary N) is 2. The Morgan fingerprint density at radius 3 is 2.74 bits per heavy atom. The predicted octanol–water partition coefficient (Wildman–Crippen LogP) is 2.68. The van der Waals surface area contributed by atoms with Gasteiger partial charge in [0, 0.05) is 18.2 Å². The fourth-order valence-corrected chi connectivity index (χ4v) is 1.72. The van der Waals surface area contributed by atoms with Crippen molar-refractivity contribution in [3.63, 3.8) is 0 Å². The zero-order valence-electron chi connectivity index (χ0n) is 10.7. The Morgan fingerprint density at radius 1 is 1.37 bits per heavy atom. The molecule has 19 heavy (non-hydrogen) atoms. The van der Waals surface area contributed by atoms with Crippen LogP contribution in [-0.2, 0) is 17.6 Å². The van der Waals surface area contributed by atoms with E-state index < -0.39 is 0 Å². The molecule has 2 N–H and O–H groups in total. The first kappa shape index (κ1) is 13.3. The fraction of sp³-hybridized carbons (Fsp3) is 0.286. The maximum Gasteiger partial charge on any atom is 0.225 e. The molecule has 0 saturated carbocycles. The summed E-state index contributed by atoms with van der Waals surface area (Å²) in [7, 11) is 0. The number of amides is 1. The van der Waals surface area contributed by atoms with Crippen LogP contribution in [0.4, 0.5) is 10.2 Å². The van der Waals surface area contributed by atoms with Gasteiger partial charge >= 0.3 is 0 Å². The van der Waals surface area contributed by atoms with Crippen molar-refractivity contribution in [3.8, 4) is 0 Å². The van der Waals surface area contributed by atoms with Crippen molar-refractivity contribution in [1.82, 2.24) is 10.2 Å². The molecular weight excluding hydrogens is 245 g/mol. The second kappa shape index (κ2) is 6.13. The Kier molecular flexibility index (Phi) is 4.28. The molecular formula is C14H16FN3O. The Bertz CT molecular complexity index is 548. The molecule has 0 spiro atoms. The highest BCUT2D eigenvalue weighted by molar-refractivity contribution is 5.89. The predicted molar refractivity (Wildman–Crippen MR) is 71.3 cm³/mol. The Balaban J connectivity index is 1.82. The minimum Gasteiger partial charge on any atom is -0.309 e. The summed E-state index contributed by atoms with van der Waals surface area (Å²) in [5.41, 5.74) is 1.92. The van der Waals surface area contributed by atoms with Crippen LogP contribution in [0.15, 0.2) is 30.3 Å². The normalized spacial score (nSPS) is 10.4. The topological polar surface area (TPSA) is 57.8 Å². The van der Waals surface area contributed by atoms with Crippen molar-refractivity contribution in [2.24, 2.45) is 0 Å². The lowest BCUT2D eigenvalue weighted by atomic mass is 10.1. The largest absolute Gasteiger partial charge is 0.309 e. The van der Waals surface area contributed by atoms with Crippen LogP contribution in [0.2, 0.25) is 0 Å². The van der Waals surface area contributed by atoms with Crippen molar-refractivity contribution in [2.75, 3.05) is 5.32 Å². The van der Waals surface area contributed by atoms with E-state index in [0.29, 0.717) is 18.7 Å². The molecule has 2 rings (SSSR count). The fourth-order valence-electron chi connectivity index (χ4n) is 1.72. The molecule has 1 aromatic heterocycles. The van der Waals surface area contributed by atoms with E-state index in [9.17, 15) is 9.18 Å². The van der Waals surface area contributed by atoms with E-state index in [1.54, 1.807) is 12.1 Å². The molecule has 0 aliphatic rings. The van der Waals surface area contributed by atoms with E-state index in [2.05, 4.69) is 15.5 Å². The number of aryl methyl sites for hydroxylation is 2. The van der Waals surface area contributed by atoms with Crippen LogP contribution in [0, 0.1) is 5.82 Å². The Labute approximate surface area is 111 Å². The van der Waals surface area contributed by atoms with E-state index in [-0.39, 0.29) is 11.7 Å². The van der Waals surface area contributed by atoms with Gasteiger partial charge in [0.15, 0.2) is 5.82 Å². The lowest BCUT2D eigenvalue weighted by Gasteiger charge is -2.02. The van der Waals surface area contributed by atoms with Crippen molar-refractivity contribution in [1.29, 1.82) is 0 Å². The second-order valence-electron chi connectivity index (χ2n) is 4.31. The zero-order valence-corrected chi connectivity index (χ0v) is 10.7. The van der Waals surface area contributed by atoms with Crippen LogP contribution in [0.5, 0.6) is 0 Å². The first-order valence-electron chi connectivity index (χ1n) is 6.26. The van der Waals surface area contributed by atoms with E-state index in [4.69, 9.17) is 0 Å². The van der Waals surface area contributed by atoms with Gasteiger partial charge < -0.3 is 5.32 Å². The molecule has 0 bridgehead atoms. The molecule has 0 fully saturated rings. The third kappa shape index (κ3) is 3.91. The molecule has 0 aliphatic carbocycles. The number of nitrogens with zero attached hydrogens (tertiary/aromatic N) is 1. The number of rotatable bonds is 5. The summed E-state index contributed by atoms with van der Waals surface area (Å²) in [6.45, 7) is 2.01. The summed E-state index contributed by atoms with van der Waals surface area (Å²) in [5.74, 6) is 0.177. The number of benzene rings is 1. The van der Waals surface area contributed by atoms with Gasteiger partial charge in [0.1, 0.15) is 5.82 Å². The molecule has 0 saturated heterocycles. The van der Waals surface area contributed by atoms with Gasteiger partial charge in [-0.05, 0) is 30.5 Å². The van der Waals surface area contributed by atoms with Gasteiger partial charge in [0.2, 0.25) is 5.91 Å². The number of carbonyl (C=O) groups excluding carboxylic acids is 1. The molecule has 0 atom stereocenters. The minimum absolute atomic E-state index is 0.0986. The molecule has 1 aromatic carbocycles. The SMILES string of the molecule is CCc1cc(NC(=O)CCc2ccc(F)cc2)n[nH]1. The smallest absolute Gasteiger partial charge is 0.225 e. The van der Waals surface area contributed by atoms with Gasteiger partial charge in [-0.1, -0.05) is 19.1 Å². The molecule has 0 aliphatic heterocycles. The summed E-state index contributed by atoms with van der Waals surface area (Å²) in [6.07, 6.45) is 1.77. The summed E-state index contributed by atoms with van der Waals surface area (Å²) in [5, 5.41) is 9.54. The van der Waals surface area contributed by atoms with E-state index in [1.165, 1.54) is 12.1 Å². The number of halogens is 1. The molecule has 4 nitrogen and oxygen atoms in total. The van der Waals surface area contributed by atoms with Gasteiger partial charge in [-0.3, -0.25) is 9.89 Å². The Hall–Kier alpha value is -2.17. The summed E-state index contributed by atoms with van der Waals surface area (Å²) in [6, 6.07) is 7.98. The van der Waals surface area contributed by atoms with Crippen molar-refractivity contribution in [3.05, 3.63) is 47.4 Å².